The van der Waals surface area contributed by atoms with Crippen LogP contribution < -0.4 is 5.32 Å². The van der Waals surface area contributed by atoms with Crippen LogP contribution in [0.4, 0.5) is 4.79 Å². The van der Waals surface area contributed by atoms with E-state index in [9.17, 15) is 30.2 Å². The van der Waals surface area contributed by atoms with Crippen molar-refractivity contribution in [2.45, 2.75) is 104 Å². The van der Waals surface area contributed by atoms with Crippen LogP contribution >= 0.6 is 0 Å². The molecule has 3 aliphatic carbocycles. The van der Waals surface area contributed by atoms with Gasteiger partial charge in [-0.05, 0) is 44.1 Å². The summed E-state index contributed by atoms with van der Waals surface area (Å²) in [5.41, 5.74) is -3.86. The Morgan fingerprint density at radius 3 is 2.31 bits per heavy atom. The SMILES string of the molecule is COC(=O)NC(C)C(C)C(OO)C1CC2(O)C(C)C3C4(O)COC4C[C@H](C)[C@@]3(C)C(=O)C(O)C(=C1C)C2(C)C. The van der Waals surface area contributed by atoms with E-state index in [1.165, 1.54) is 7.11 Å². The van der Waals surface area contributed by atoms with Crippen LogP contribution in [0.3, 0.4) is 0 Å². The molecule has 1 saturated heterocycles. The largest absolute Gasteiger partial charge is 0.453 e. The summed E-state index contributed by atoms with van der Waals surface area (Å²) in [5.74, 6) is -2.87. The van der Waals surface area contributed by atoms with Gasteiger partial charge in [-0.3, -0.25) is 10.1 Å². The molecule has 0 aromatic rings. The number of rotatable bonds is 5. The molecule has 4 aliphatic rings. The van der Waals surface area contributed by atoms with E-state index < -0.39 is 76.2 Å². The highest BCUT2D eigenvalue weighted by atomic mass is 17.1. The smallest absolute Gasteiger partial charge is 0.407 e. The highest BCUT2D eigenvalue weighted by Gasteiger charge is 2.73. The highest BCUT2D eigenvalue weighted by Crippen LogP contribution is 2.66. The van der Waals surface area contributed by atoms with Gasteiger partial charge >= 0.3 is 6.09 Å². The topological polar surface area (TPSA) is 155 Å². The van der Waals surface area contributed by atoms with E-state index in [2.05, 4.69) is 5.32 Å². The molecule has 1 amide bonds. The summed E-state index contributed by atoms with van der Waals surface area (Å²) in [4.78, 5) is 31.3. The van der Waals surface area contributed by atoms with Crippen molar-refractivity contribution in [2.24, 2.45) is 40.4 Å². The molecule has 5 N–H and O–H groups in total. The average Bonchev–Trinajstić information content (AvgIpc) is 2.87. The number of hydrogen-bond acceptors (Lipinski definition) is 9. The number of nitrogens with one attached hydrogen (secondary N) is 1. The Morgan fingerprint density at radius 2 is 1.79 bits per heavy atom. The minimum atomic E-state index is -1.52. The van der Waals surface area contributed by atoms with Gasteiger partial charge in [-0.15, -0.1) is 0 Å². The van der Waals surface area contributed by atoms with E-state index in [0.717, 1.165) is 0 Å². The van der Waals surface area contributed by atoms with Gasteiger partial charge in [-0.1, -0.05) is 47.1 Å². The van der Waals surface area contributed by atoms with Crippen LogP contribution in [0, 0.1) is 40.4 Å². The molecule has 10 unspecified atom stereocenters. The Hall–Kier alpha value is -1.56. The van der Waals surface area contributed by atoms with Gasteiger partial charge in [0.05, 0.1) is 25.4 Å². The number of ether oxygens (including phenoxy) is 2. The molecule has 4 rings (SSSR count). The molecular formula is C29H47NO9. The van der Waals surface area contributed by atoms with Gasteiger partial charge in [0.15, 0.2) is 5.78 Å². The number of ketones is 1. The minimum Gasteiger partial charge on any atom is -0.453 e. The van der Waals surface area contributed by atoms with Gasteiger partial charge in [0.25, 0.3) is 0 Å². The lowest BCUT2D eigenvalue weighted by Crippen LogP contribution is -2.77. The van der Waals surface area contributed by atoms with Crippen molar-refractivity contribution in [2.75, 3.05) is 13.7 Å². The normalized spacial score (nSPS) is 45.5. The van der Waals surface area contributed by atoms with E-state index in [0.29, 0.717) is 17.6 Å². The second-order valence-corrected chi connectivity index (χ2v) is 13.6. The fourth-order valence-corrected chi connectivity index (χ4v) is 8.92. The van der Waals surface area contributed by atoms with Crippen molar-refractivity contribution in [1.82, 2.24) is 5.32 Å². The molecule has 222 valence electrons. The molecule has 0 spiro atoms. The summed E-state index contributed by atoms with van der Waals surface area (Å²) < 4.78 is 10.5. The van der Waals surface area contributed by atoms with Crippen LogP contribution in [-0.4, -0.2) is 81.7 Å². The Labute approximate surface area is 231 Å². The molecule has 1 aliphatic heterocycles. The van der Waals surface area contributed by atoms with Crippen molar-refractivity contribution in [3.63, 3.8) is 0 Å². The summed E-state index contributed by atoms with van der Waals surface area (Å²) >= 11 is 0. The first kappa shape index (κ1) is 30.4. The number of aliphatic hydroxyl groups is 3. The zero-order valence-corrected chi connectivity index (χ0v) is 24.6. The number of Topliss-reactive ketones (excluding diaryl/α,β-unsaturated/α-hetero) is 1. The fraction of sp³-hybridized carbons (Fsp3) is 0.862. The number of methoxy groups -OCH3 is 1. The van der Waals surface area contributed by atoms with E-state index >= 15 is 0 Å². The standard InChI is InChI=1S/C29H47NO9/c1-13-10-19-28(34,12-38-19)23-16(4)29(35)11-18(22(39-36)14(2)17(5)30-25(33)37-9)15(3)20(26(29,6)7)21(31)24(32)27(13,23)8/h13-14,16-19,21-23,31,34-36H,10-12H2,1-9H3,(H,30,33)/t13-,14?,16?,17?,18?,19?,21?,22?,23?,27+,28?,29?/m0/s1. The molecule has 3 fully saturated rings. The maximum absolute atomic E-state index is 14.3. The first-order chi connectivity index (χ1) is 17.9. The van der Waals surface area contributed by atoms with Gasteiger partial charge in [-0.25, -0.2) is 9.68 Å². The molecule has 12 atom stereocenters. The molecule has 0 aromatic carbocycles. The molecule has 10 heteroatoms. The van der Waals surface area contributed by atoms with Gasteiger partial charge in [0.1, 0.15) is 17.8 Å². The number of aliphatic hydroxyl groups excluding tert-OH is 1. The van der Waals surface area contributed by atoms with Crippen LogP contribution in [0.15, 0.2) is 11.1 Å². The van der Waals surface area contributed by atoms with Crippen molar-refractivity contribution < 1.29 is 44.5 Å². The molecule has 10 nitrogen and oxygen atoms in total. The lowest BCUT2D eigenvalue weighted by molar-refractivity contribution is -0.332. The van der Waals surface area contributed by atoms with Gasteiger partial charge < -0.3 is 30.1 Å². The first-order valence-electron chi connectivity index (χ1n) is 14.1. The molecular weight excluding hydrogens is 506 g/mol. The van der Waals surface area contributed by atoms with E-state index in [1.54, 1.807) is 6.92 Å². The van der Waals surface area contributed by atoms with E-state index in [4.69, 9.17) is 14.4 Å². The maximum atomic E-state index is 14.3. The lowest BCUT2D eigenvalue weighted by Gasteiger charge is -2.68. The summed E-state index contributed by atoms with van der Waals surface area (Å²) in [6.07, 6.45) is -2.83. The van der Waals surface area contributed by atoms with Crippen molar-refractivity contribution in [3.8, 4) is 0 Å². The zero-order chi connectivity index (χ0) is 29.5. The Morgan fingerprint density at radius 1 is 1.18 bits per heavy atom. The van der Waals surface area contributed by atoms with Crippen molar-refractivity contribution >= 4 is 11.9 Å². The quantitative estimate of drug-likeness (QED) is 0.196. The monoisotopic (exact) mass is 553 g/mol. The molecule has 2 bridgehead atoms. The molecule has 2 saturated carbocycles. The van der Waals surface area contributed by atoms with Crippen LogP contribution in [0.1, 0.15) is 68.2 Å². The third-order valence-electron chi connectivity index (χ3n) is 11.8. The Balaban J connectivity index is 1.89. The summed E-state index contributed by atoms with van der Waals surface area (Å²) in [6, 6.07) is -0.471. The molecule has 0 aromatic heterocycles. The summed E-state index contributed by atoms with van der Waals surface area (Å²) in [6.45, 7) is 14.8. The number of carbonyl (C=O) groups excluding carboxylic acids is 2. The Bertz CT molecular complexity index is 1040. The van der Waals surface area contributed by atoms with Crippen LogP contribution in [0.2, 0.25) is 0 Å². The van der Waals surface area contributed by atoms with Gasteiger partial charge in [0, 0.05) is 34.6 Å². The predicted molar refractivity (Wildman–Crippen MR) is 141 cm³/mol. The van der Waals surface area contributed by atoms with Gasteiger partial charge in [0.2, 0.25) is 0 Å². The number of amides is 1. The van der Waals surface area contributed by atoms with Gasteiger partial charge in [-0.2, -0.15) is 0 Å². The van der Waals surface area contributed by atoms with Crippen molar-refractivity contribution in [1.29, 1.82) is 0 Å². The summed E-state index contributed by atoms with van der Waals surface area (Å²) in [5, 5.41) is 49.4. The molecule has 39 heavy (non-hydrogen) atoms. The molecule has 1 heterocycles. The minimum absolute atomic E-state index is 0.0656. The number of carbonyl (C=O) groups is 2. The molecule has 0 radical (unpaired) electrons. The predicted octanol–water partition coefficient (Wildman–Crippen LogP) is 2.69. The van der Waals surface area contributed by atoms with E-state index in [1.807, 2.05) is 48.5 Å². The highest BCUT2D eigenvalue weighted by molar-refractivity contribution is 5.93. The maximum Gasteiger partial charge on any atom is 0.407 e. The van der Waals surface area contributed by atoms with Crippen LogP contribution in [-0.2, 0) is 19.2 Å². The number of fused-ring (bicyclic) bond motifs is 5. The first-order valence-corrected chi connectivity index (χ1v) is 14.1. The third kappa shape index (κ3) is 3.96. The summed E-state index contributed by atoms with van der Waals surface area (Å²) in [7, 11) is 1.26. The third-order valence-corrected chi connectivity index (χ3v) is 11.8. The average molecular weight is 554 g/mol. The van der Waals surface area contributed by atoms with E-state index in [-0.39, 0.29) is 24.7 Å². The lowest BCUT2D eigenvalue weighted by atomic mass is 9.41. The van der Waals surface area contributed by atoms with Crippen LogP contribution in [0.5, 0.6) is 0 Å². The van der Waals surface area contributed by atoms with Crippen molar-refractivity contribution in [3.05, 3.63) is 11.1 Å². The second-order valence-electron chi connectivity index (χ2n) is 13.6. The Kier molecular flexibility index (Phi) is 7.62. The number of hydrogen-bond donors (Lipinski definition) is 5. The zero-order valence-electron chi connectivity index (χ0n) is 24.6. The number of alkyl carbamates (subject to hydrolysis) is 1. The van der Waals surface area contributed by atoms with Crippen LogP contribution in [0.25, 0.3) is 0 Å². The fourth-order valence-electron chi connectivity index (χ4n) is 8.92. The second kappa shape index (κ2) is 9.77.